The van der Waals surface area contributed by atoms with Gasteiger partial charge in [-0.05, 0) is 50.6 Å². The van der Waals surface area contributed by atoms with E-state index in [1.807, 2.05) is 49.6 Å². The van der Waals surface area contributed by atoms with Gasteiger partial charge in [0, 0.05) is 45.7 Å². The van der Waals surface area contributed by atoms with Crippen LogP contribution in [0.1, 0.15) is 31.7 Å². The summed E-state index contributed by atoms with van der Waals surface area (Å²) in [5.74, 6) is 0.827. The van der Waals surface area contributed by atoms with Gasteiger partial charge in [0.1, 0.15) is 5.82 Å². The molecule has 0 saturated carbocycles. The number of hydrogen-bond acceptors (Lipinski definition) is 4. The molecule has 1 heterocycles. The lowest BCUT2D eigenvalue weighted by atomic mass is 10.1. The van der Waals surface area contributed by atoms with Gasteiger partial charge < -0.3 is 9.47 Å². The van der Waals surface area contributed by atoms with Gasteiger partial charge in [-0.1, -0.05) is 18.2 Å². The second kappa shape index (κ2) is 9.20. The number of carbonyl (C=O) groups excluding carboxylic acids is 1. The Morgan fingerprint density at radius 2 is 1.81 bits per heavy atom. The van der Waals surface area contributed by atoms with Crippen molar-refractivity contribution in [2.24, 2.45) is 0 Å². The maximum atomic E-state index is 13.0. The van der Waals surface area contributed by atoms with Gasteiger partial charge in [0.25, 0.3) is 0 Å². The van der Waals surface area contributed by atoms with Gasteiger partial charge in [-0.2, -0.15) is 0 Å². The summed E-state index contributed by atoms with van der Waals surface area (Å²) in [7, 11) is -0.512. The summed E-state index contributed by atoms with van der Waals surface area (Å²) in [5.41, 5.74) is 3.48. The second-order valence-corrected chi connectivity index (χ2v) is 9.79. The second-order valence-electron chi connectivity index (χ2n) is 7.63. The summed E-state index contributed by atoms with van der Waals surface area (Å²) < 4.78 is 28.2. The lowest BCUT2D eigenvalue weighted by Crippen LogP contribution is -2.31. The first-order valence-electron chi connectivity index (χ1n) is 10.5. The number of hydrogen-bond donors (Lipinski definition) is 0. The average Bonchev–Trinajstić information content (AvgIpc) is 3.10. The van der Waals surface area contributed by atoms with E-state index in [-0.39, 0.29) is 10.8 Å². The first-order chi connectivity index (χ1) is 14.7. The van der Waals surface area contributed by atoms with E-state index in [1.54, 1.807) is 23.1 Å². The Balaban J connectivity index is 1.87. The number of aryl methyl sites for hydroxylation is 3. The van der Waals surface area contributed by atoms with Crippen LogP contribution >= 0.6 is 0 Å². The van der Waals surface area contributed by atoms with Crippen molar-refractivity contribution in [2.45, 2.75) is 45.1 Å². The number of nitrogens with zero attached hydrogens (tertiary/aromatic N) is 4. The van der Waals surface area contributed by atoms with Crippen LogP contribution in [0.25, 0.3) is 11.0 Å². The third-order valence-electron chi connectivity index (χ3n) is 5.48. The molecule has 3 aromatic rings. The Morgan fingerprint density at radius 3 is 2.42 bits per heavy atom. The molecule has 0 unspecified atom stereocenters. The summed E-state index contributed by atoms with van der Waals surface area (Å²) in [6, 6.07) is 12.9. The monoisotopic (exact) mass is 442 g/mol. The minimum Gasteiger partial charge on any atom is -0.328 e. The largest absolute Gasteiger partial charge is 0.328 e. The van der Waals surface area contributed by atoms with Crippen molar-refractivity contribution in [2.75, 3.05) is 25.5 Å². The fourth-order valence-electron chi connectivity index (χ4n) is 3.78. The molecule has 0 radical (unpaired) electrons. The Morgan fingerprint density at radius 1 is 1.10 bits per heavy atom. The number of benzene rings is 2. The van der Waals surface area contributed by atoms with Crippen molar-refractivity contribution in [1.29, 1.82) is 0 Å². The number of imidazole rings is 1. The van der Waals surface area contributed by atoms with E-state index < -0.39 is 10.0 Å². The van der Waals surface area contributed by atoms with Gasteiger partial charge >= 0.3 is 0 Å². The van der Waals surface area contributed by atoms with Crippen LogP contribution < -0.4 is 4.90 Å². The van der Waals surface area contributed by atoms with Crippen LogP contribution in [0.4, 0.5) is 5.69 Å². The molecule has 7 nitrogen and oxygen atoms in total. The third-order valence-corrected chi connectivity index (χ3v) is 7.29. The first kappa shape index (κ1) is 23.0. The number of carbonyl (C=O) groups is 1. The molecule has 0 aliphatic rings. The Bertz CT molecular complexity index is 1200. The fraction of sp³-hybridized carbons (Fsp3) is 0.391. The zero-order valence-electron chi connectivity index (χ0n) is 18.8. The van der Waals surface area contributed by atoms with E-state index in [4.69, 9.17) is 0 Å². The predicted octanol–water partition coefficient (Wildman–Crippen LogP) is 3.60. The number of anilines is 1. The zero-order chi connectivity index (χ0) is 22.8. The van der Waals surface area contributed by atoms with E-state index >= 15 is 0 Å². The Labute approximate surface area is 184 Å². The van der Waals surface area contributed by atoms with Crippen LogP contribution in [0.5, 0.6) is 0 Å². The van der Waals surface area contributed by atoms with Gasteiger partial charge in [0.05, 0.1) is 15.9 Å². The molecule has 8 heteroatoms. The minimum absolute atomic E-state index is 0.0439. The molecule has 2 aromatic carbocycles. The van der Waals surface area contributed by atoms with Crippen molar-refractivity contribution in [3.8, 4) is 0 Å². The van der Waals surface area contributed by atoms with E-state index in [0.717, 1.165) is 22.6 Å². The van der Waals surface area contributed by atoms with Crippen LogP contribution in [-0.4, -0.2) is 48.8 Å². The summed E-state index contributed by atoms with van der Waals surface area (Å²) in [6.07, 6.45) is 0.813. The van der Waals surface area contributed by atoms with Crippen LogP contribution in [-0.2, 0) is 27.8 Å². The summed E-state index contributed by atoms with van der Waals surface area (Å²) in [4.78, 5) is 19.7. The molecule has 31 heavy (non-hydrogen) atoms. The smallest absolute Gasteiger partial charge is 0.242 e. The summed E-state index contributed by atoms with van der Waals surface area (Å²) >= 11 is 0. The molecule has 0 saturated heterocycles. The number of para-hydroxylation sites is 1. The van der Waals surface area contributed by atoms with Gasteiger partial charge in [0.2, 0.25) is 15.9 Å². The Hall–Kier alpha value is -2.71. The number of sulfonamides is 1. The molecule has 0 aliphatic carbocycles. The molecule has 3 rings (SSSR count). The molecule has 0 atom stereocenters. The van der Waals surface area contributed by atoms with Crippen LogP contribution in [0.2, 0.25) is 0 Å². The zero-order valence-corrected chi connectivity index (χ0v) is 19.6. The molecular weight excluding hydrogens is 412 g/mol. The molecule has 0 bridgehead atoms. The van der Waals surface area contributed by atoms with Crippen molar-refractivity contribution in [3.05, 3.63) is 53.9 Å². The Kier molecular flexibility index (Phi) is 6.81. The lowest BCUT2D eigenvalue weighted by Gasteiger charge is -2.23. The highest BCUT2D eigenvalue weighted by atomic mass is 32.2. The molecule has 1 amide bonds. The van der Waals surface area contributed by atoms with Crippen molar-refractivity contribution in [1.82, 2.24) is 13.9 Å². The van der Waals surface area contributed by atoms with Crippen LogP contribution in [0, 0.1) is 6.92 Å². The van der Waals surface area contributed by atoms with Crippen LogP contribution in [0.3, 0.4) is 0 Å². The predicted molar refractivity (Wildman–Crippen MR) is 124 cm³/mol. The SMILES string of the molecule is CCN(C(=O)CCc1nc2cc(S(=O)(=O)N(C)C)ccc2n1CC)c1ccccc1C. The quantitative estimate of drug-likeness (QED) is 0.534. The van der Waals surface area contributed by atoms with Gasteiger partial charge in [-0.25, -0.2) is 17.7 Å². The molecule has 0 fully saturated rings. The maximum Gasteiger partial charge on any atom is 0.242 e. The van der Waals surface area contributed by atoms with Crippen molar-refractivity contribution >= 4 is 32.7 Å². The van der Waals surface area contributed by atoms with Gasteiger partial charge in [-0.15, -0.1) is 0 Å². The molecule has 0 N–H and O–H groups in total. The van der Waals surface area contributed by atoms with E-state index in [0.29, 0.717) is 31.4 Å². The normalized spacial score (nSPS) is 11.9. The van der Waals surface area contributed by atoms with Gasteiger partial charge in [-0.3, -0.25) is 4.79 Å². The lowest BCUT2D eigenvalue weighted by molar-refractivity contribution is -0.118. The summed E-state index contributed by atoms with van der Waals surface area (Å²) in [6.45, 7) is 7.27. The first-order valence-corrected chi connectivity index (χ1v) is 11.9. The van der Waals surface area contributed by atoms with Crippen LogP contribution in [0.15, 0.2) is 47.4 Å². The van der Waals surface area contributed by atoms with E-state index in [1.165, 1.54) is 18.4 Å². The number of amides is 1. The molecule has 0 spiro atoms. The van der Waals surface area contributed by atoms with Crippen molar-refractivity contribution in [3.63, 3.8) is 0 Å². The average molecular weight is 443 g/mol. The van der Waals surface area contributed by atoms with Crippen molar-refractivity contribution < 1.29 is 13.2 Å². The number of aromatic nitrogens is 2. The highest BCUT2D eigenvalue weighted by Crippen LogP contribution is 2.24. The highest BCUT2D eigenvalue weighted by molar-refractivity contribution is 7.89. The standard InChI is InChI=1S/C23H30N4O3S/c1-6-26-21-13-12-18(31(29,30)25(4)5)16-19(21)24-22(26)14-15-23(28)27(7-2)20-11-9-8-10-17(20)3/h8-13,16H,6-7,14-15H2,1-5H3. The topological polar surface area (TPSA) is 75.5 Å². The number of fused-ring (bicyclic) bond motifs is 1. The van der Waals surface area contributed by atoms with E-state index in [2.05, 4.69) is 4.98 Å². The molecule has 0 aliphatic heterocycles. The maximum absolute atomic E-state index is 13.0. The summed E-state index contributed by atoms with van der Waals surface area (Å²) in [5, 5.41) is 0. The fourth-order valence-corrected chi connectivity index (χ4v) is 4.70. The molecular formula is C23H30N4O3S. The highest BCUT2D eigenvalue weighted by Gasteiger charge is 2.21. The molecule has 1 aromatic heterocycles. The third kappa shape index (κ3) is 4.50. The number of rotatable bonds is 8. The molecule has 166 valence electrons. The van der Waals surface area contributed by atoms with E-state index in [9.17, 15) is 13.2 Å². The minimum atomic E-state index is -3.53. The van der Waals surface area contributed by atoms with Gasteiger partial charge in [0.15, 0.2) is 0 Å².